The molecule has 0 heterocycles. The maximum Gasteiger partial charge on any atom is 0.123 e. The highest BCUT2D eigenvalue weighted by molar-refractivity contribution is 5.27. The maximum absolute atomic E-state index is 12.7. The van der Waals surface area contributed by atoms with Gasteiger partial charge in [-0.2, -0.15) is 0 Å². The first kappa shape index (κ1) is 7.92. The molecule has 0 aliphatic carbocycles. The lowest BCUT2D eigenvalue weighted by molar-refractivity contribution is 0.624. The van der Waals surface area contributed by atoms with Crippen LogP contribution in [0, 0.1) is 12.7 Å². The van der Waals surface area contributed by atoms with E-state index in [0.717, 1.165) is 11.1 Å². The predicted octanol–water partition coefficient (Wildman–Crippen LogP) is 2.33. The lowest BCUT2D eigenvalue weighted by atomic mass is 10.1. The van der Waals surface area contributed by atoms with Crippen LogP contribution in [-0.4, -0.2) is 6.72 Å². The first-order chi connectivity index (χ1) is 5.22. The van der Waals surface area contributed by atoms with Crippen molar-refractivity contribution in [2.45, 2.75) is 13.5 Å². The summed E-state index contributed by atoms with van der Waals surface area (Å²) in [6.07, 6.45) is 0. The normalized spacial score (nSPS) is 9.64. The highest BCUT2D eigenvalue weighted by atomic mass is 19.1. The number of hydrogen-bond acceptors (Lipinski definition) is 1. The van der Waals surface area contributed by atoms with Crippen molar-refractivity contribution < 1.29 is 4.39 Å². The molecule has 0 bridgehead atoms. The smallest absolute Gasteiger partial charge is 0.123 e. The Bertz CT molecular complexity index is 248. The van der Waals surface area contributed by atoms with Crippen LogP contribution in [0.3, 0.4) is 0 Å². The number of hydrogen-bond donors (Lipinski definition) is 0. The summed E-state index contributed by atoms with van der Waals surface area (Å²) in [6.45, 7) is 5.68. The van der Waals surface area contributed by atoms with Crippen LogP contribution < -0.4 is 0 Å². The average molecular weight is 151 g/mol. The van der Waals surface area contributed by atoms with E-state index in [9.17, 15) is 4.39 Å². The van der Waals surface area contributed by atoms with Crippen molar-refractivity contribution in [1.29, 1.82) is 0 Å². The minimum atomic E-state index is -0.205. The van der Waals surface area contributed by atoms with Crippen LogP contribution in [0.1, 0.15) is 11.1 Å². The van der Waals surface area contributed by atoms with Gasteiger partial charge in [-0.15, -0.1) is 0 Å². The van der Waals surface area contributed by atoms with Crippen molar-refractivity contribution in [3.63, 3.8) is 0 Å². The Hall–Kier alpha value is -1.18. The second-order valence-electron chi connectivity index (χ2n) is 2.52. The van der Waals surface area contributed by atoms with E-state index in [1.54, 1.807) is 0 Å². The summed E-state index contributed by atoms with van der Waals surface area (Å²) in [5.41, 5.74) is 1.79. The Balaban J connectivity index is 2.98. The van der Waals surface area contributed by atoms with Gasteiger partial charge >= 0.3 is 0 Å². The number of nitrogens with zero attached hydrogens (tertiary/aromatic N) is 1. The van der Waals surface area contributed by atoms with Crippen LogP contribution in [0.4, 0.5) is 4.39 Å². The predicted molar refractivity (Wildman–Crippen MR) is 44.4 cm³/mol. The zero-order valence-corrected chi connectivity index (χ0v) is 6.47. The SMILES string of the molecule is C=NCc1cc(C)cc(F)c1. The molecule has 58 valence electrons. The summed E-state index contributed by atoms with van der Waals surface area (Å²) in [4.78, 5) is 3.67. The van der Waals surface area contributed by atoms with Crippen molar-refractivity contribution in [3.8, 4) is 0 Å². The minimum Gasteiger partial charge on any atom is -0.296 e. The van der Waals surface area contributed by atoms with E-state index in [1.807, 2.05) is 13.0 Å². The quantitative estimate of drug-likeness (QED) is 0.575. The van der Waals surface area contributed by atoms with E-state index in [4.69, 9.17) is 0 Å². The molecule has 1 rings (SSSR count). The number of aryl methyl sites for hydroxylation is 1. The Morgan fingerprint density at radius 3 is 2.73 bits per heavy atom. The molecule has 0 fully saturated rings. The summed E-state index contributed by atoms with van der Waals surface area (Å²) in [5, 5.41) is 0. The van der Waals surface area contributed by atoms with E-state index < -0.39 is 0 Å². The highest BCUT2D eigenvalue weighted by Crippen LogP contribution is 2.08. The first-order valence-corrected chi connectivity index (χ1v) is 3.41. The zero-order chi connectivity index (χ0) is 8.27. The molecule has 0 N–H and O–H groups in total. The fourth-order valence-electron chi connectivity index (χ4n) is 1.03. The molecule has 0 radical (unpaired) electrons. The fourth-order valence-corrected chi connectivity index (χ4v) is 1.03. The summed E-state index contributed by atoms with van der Waals surface area (Å²) < 4.78 is 12.7. The van der Waals surface area contributed by atoms with Gasteiger partial charge < -0.3 is 0 Å². The number of benzene rings is 1. The molecule has 0 saturated carbocycles. The van der Waals surface area contributed by atoms with E-state index in [-0.39, 0.29) is 5.82 Å². The average Bonchev–Trinajstić information content (AvgIpc) is 1.85. The van der Waals surface area contributed by atoms with Crippen LogP contribution in [0.2, 0.25) is 0 Å². The number of halogens is 1. The topological polar surface area (TPSA) is 12.4 Å². The molecule has 0 aromatic heterocycles. The first-order valence-electron chi connectivity index (χ1n) is 3.41. The number of aliphatic imine (C=N–C) groups is 1. The van der Waals surface area contributed by atoms with E-state index in [0.29, 0.717) is 6.54 Å². The molecule has 0 aliphatic heterocycles. The second-order valence-corrected chi connectivity index (χ2v) is 2.52. The van der Waals surface area contributed by atoms with Crippen molar-refractivity contribution >= 4 is 6.72 Å². The monoisotopic (exact) mass is 151 g/mol. The van der Waals surface area contributed by atoms with E-state index in [2.05, 4.69) is 11.7 Å². The van der Waals surface area contributed by atoms with Gasteiger partial charge in [0.25, 0.3) is 0 Å². The van der Waals surface area contributed by atoms with Crippen molar-refractivity contribution in [2.24, 2.45) is 4.99 Å². The molecule has 0 unspecified atom stereocenters. The summed E-state index contributed by atoms with van der Waals surface area (Å²) >= 11 is 0. The third-order valence-corrected chi connectivity index (χ3v) is 1.40. The summed E-state index contributed by atoms with van der Waals surface area (Å²) in [5.74, 6) is -0.205. The second kappa shape index (κ2) is 3.28. The highest BCUT2D eigenvalue weighted by Gasteiger charge is 1.95. The molecule has 0 saturated heterocycles. The zero-order valence-electron chi connectivity index (χ0n) is 6.47. The van der Waals surface area contributed by atoms with Crippen molar-refractivity contribution in [3.05, 3.63) is 35.1 Å². The van der Waals surface area contributed by atoms with Gasteiger partial charge in [-0.1, -0.05) is 6.07 Å². The van der Waals surface area contributed by atoms with Gasteiger partial charge in [-0.25, -0.2) is 4.39 Å². The Morgan fingerprint density at radius 1 is 1.45 bits per heavy atom. The molecule has 2 heteroatoms. The molecule has 1 aromatic carbocycles. The van der Waals surface area contributed by atoms with Gasteiger partial charge in [-0.3, -0.25) is 4.99 Å². The molecular weight excluding hydrogens is 141 g/mol. The van der Waals surface area contributed by atoms with Gasteiger partial charge in [0, 0.05) is 0 Å². The molecule has 0 amide bonds. The molecule has 1 aromatic rings. The van der Waals surface area contributed by atoms with Gasteiger partial charge in [0.15, 0.2) is 0 Å². The van der Waals surface area contributed by atoms with Crippen molar-refractivity contribution in [2.75, 3.05) is 0 Å². The molecule has 1 nitrogen and oxygen atoms in total. The lowest BCUT2D eigenvalue weighted by Gasteiger charge is -1.98. The maximum atomic E-state index is 12.7. The molecule has 0 spiro atoms. The third-order valence-electron chi connectivity index (χ3n) is 1.40. The van der Waals surface area contributed by atoms with Crippen molar-refractivity contribution in [1.82, 2.24) is 0 Å². The molecule has 0 aliphatic rings. The van der Waals surface area contributed by atoms with Crippen LogP contribution in [-0.2, 0) is 6.54 Å². The third kappa shape index (κ3) is 2.15. The van der Waals surface area contributed by atoms with E-state index in [1.165, 1.54) is 12.1 Å². The van der Waals surface area contributed by atoms with Gasteiger partial charge in [0.2, 0.25) is 0 Å². The Labute approximate surface area is 65.6 Å². The Kier molecular flexibility index (Phi) is 2.36. The molecular formula is C9H10FN. The fraction of sp³-hybridized carbons (Fsp3) is 0.222. The van der Waals surface area contributed by atoms with E-state index >= 15 is 0 Å². The largest absolute Gasteiger partial charge is 0.296 e. The summed E-state index contributed by atoms with van der Waals surface area (Å²) in [6, 6.07) is 4.87. The van der Waals surface area contributed by atoms with Gasteiger partial charge in [0.1, 0.15) is 5.82 Å². The Morgan fingerprint density at radius 2 is 2.18 bits per heavy atom. The molecule has 0 atom stereocenters. The van der Waals surface area contributed by atoms with Crippen LogP contribution >= 0.6 is 0 Å². The standard InChI is InChI=1S/C9H10FN/c1-7-3-8(6-11-2)5-9(10)4-7/h3-5H,2,6H2,1H3. The van der Waals surface area contributed by atoms with Gasteiger partial charge in [0.05, 0.1) is 6.54 Å². The number of rotatable bonds is 2. The summed E-state index contributed by atoms with van der Waals surface area (Å²) in [7, 11) is 0. The van der Waals surface area contributed by atoms with Gasteiger partial charge in [-0.05, 0) is 36.9 Å². The van der Waals surface area contributed by atoms with Crippen LogP contribution in [0.15, 0.2) is 23.2 Å². The minimum absolute atomic E-state index is 0.205. The van der Waals surface area contributed by atoms with Crippen LogP contribution in [0.5, 0.6) is 0 Å². The lowest BCUT2D eigenvalue weighted by Crippen LogP contribution is -1.85. The molecule has 11 heavy (non-hydrogen) atoms. The van der Waals surface area contributed by atoms with Crippen LogP contribution in [0.25, 0.3) is 0 Å².